The van der Waals surface area contributed by atoms with Gasteiger partial charge in [0.1, 0.15) is 0 Å². The monoisotopic (exact) mass is 252 g/mol. The molecule has 1 amide bonds. The highest BCUT2D eigenvalue weighted by Crippen LogP contribution is 2.45. The number of halogens is 1. The summed E-state index contributed by atoms with van der Waals surface area (Å²) in [5.41, 5.74) is 1.02. The summed E-state index contributed by atoms with van der Waals surface area (Å²) in [5.74, 6) is 0.104. The summed E-state index contributed by atoms with van der Waals surface area (Å²) in [6.07, 6.45) is 2.55. The van der Waals surface area contributed by atoms with E-state index in [1.807, 2.05) is 31.3 Å². The smallest absolute Gasteiger partial charge is 0.221 e. The van der Waals surface area contributed by atoms with Gasteiger partial charge in [-0.25, -0.2) is 0 Å². The van der Waals surface area contributed by atoms with Crippen LogP contribution in [0.2, 0.25) is 5.02 Å². The molecule has 0 aliphatic heterocycles. The summed E-state index contributed by atoms with van der Waals surface area (Å²) in [4.78, 5) is 11.7. The second-order valence-corrected chi connectivity index (χ2v) is 4.93. The SMILES string of the molecule is CNCCC(=O)NC1(c2ccc(Cl)cc2)CC1. The van der Waals surface area contributed by atoms with Crippen LogP contribution < -0.4 is 10.6 Å². The summed E-state index contributed by atoms with van der Waals surface area (Å²) in [7, 11) is 1.85. The molecular formula is C13H17ClN2O. The van der Waals surface area contributed by atoms with Gasteiger partial charge in [-0.05, 0) is 37.6 Å². The van der Waals surface area contributed by atoms with Gasteiger partial charge in [-0.1, -0.05) is 23.7 Å². The van der Waals surface area contributed by atoms with Gasteiger partial charge in [-0.3, -0.25) is 4.79 Å². The molecule has 0 bridgehead atoms. The Labute approximate surface area is 107 Å². The number of carbonyl (C=O) groups excluding carboxylic acids is 1. The van der Waals surface area contributed by atoms with Gasteiger partial charge in [0.15, 0.2) is 0 Å². The molecule has 0 radical (unpaired) electrons. The first kappa shape index (κ1) is 12.4. The number of rotatable bonds is 5. The van der Waals surface area contributed by atoms with Crippen LogP contribution in [0.15, 0.2) is 24.3 Å². The normalized spacial score (nSPS) is 16.6. The van der Waals surface area contributed by atoms with Crippen molar-refractivity contribution in [2.24, 2.45) is 0 Å². The Morgan fingerprint density at radius 2 is 2.00 bits per heavy atom. The zero-order valence-corrected chi connectivity index (χ0v) is 10.7. The number of benzene rings is 1. The molecule has 0 spiro atoms. The van der Waals surface area contributed by atoms with Crippen molar-refractivity contribution in [3.63, 3.8) is 0 Å². The Hall–Kier alpha value is -1.06. The molecule has 4 heteroatoms. The van der Waals surface area contributed by atoms with E-state index in [-0.39, 0.29) is 11.4 Å². The van der Waals surface area contributed by atoms with Crippen molar-refractivity contribution in [2.75, 3.05) is 13.6 Å². The molecule has 0 atom stereocenters. The van der Waals surface area contributed by atoms with Crippen molar-refractivity contribution in [1.29, 1.82) is 0 Å². The van der Waals surface area contributed by atoms with Crippen LogP contribution >= 0.6 is 11.6 Å². The van der Waals surface area contributed by atoms with Crippen LogP contribution in [-0.4, -0.2) is 19.5 Å². The molecule has 2 rings (SSSR count). The number of hydrogen-bond donors (Lipinski definition) is 2. The van der Waals surface area contributed by atoms with E-state index in [0.717, 1.165) is 23.4 Å². The van der Waals surface area contributed by atoms with Crippen molar-refractivity contribution >= 4 is 17.5 Å². The third-order valence-electron chi connectivity index (χ3n) is 3.13. The first-order chi connectivity index (χ1) is 8.16. The molecule has 0 aromatic heterocycles. The maximum Gasteiger partial charge on any atom is 0.221 e. The van der Waals surface area contributed by atoms with Gasteiger partial charge in [0.2, 0.25) is 5.91 Å². The maximum atomic E-state index is 11.7. The first-order valence-electron chi connectivity index (χ1n) is 5.88. The van der Waals surface area contributed by atoms with Crippen molar-refractivity contribution in [1.82, 2.24) is 10.6 Å². The molecule has 0 unspecified atom stereocenters. The largest absolute Gasteiger partial charge is 0.347 e. The Balaban J connectivity index is 2.00. The van der Waals surface area contributed by atoms with E-state index in [1.54, 1.807) is 0 Å². The van der Waals surface area contributed by atoms with Gasteiger partial charge in [-0.15, -0.1) is 0 Å². The van der Waals surface area contributed by atoms with Crippen LogP contribution in [0.25, 0.3) is 0 Å². The van der Waals surface area contributed by atoms with Gasteiger partial charge in [0.05, 0.1) is 5.54 Å². The predicted molar refractivity (Wildman–Crippen MR) is 69.1 cm³/mol. The third kappa shape index (κ3) is 2.99. The van der Waals surface area contributed by atoms with Crippen LogP contribution in [0.4, 0.5) is 0 Å². The van der Waals surface area contributed by atoms with Crippen molar-refractivity contribution in [2.45, 2.75) is 24.8 Å². The summed E-state index contributed by atoms with van der Waals surface area (Å²) < 4.78 is 0. The van der Waals surface area contributed by atoms with Crippen molar-refractivity contribution in [3.8, 4) is 0 Å². The van der Waals surface area contributed by atoms with E-state index in [2.05, 4.69) is 10.6 Å². The molecule has 92 valence electrons. The number of hydrogen-bond acceptors (Lipinski definition) is 2. The number of carbonyl (C=O) groups is 1. The molecule has 0 heterocycles. The van der Waals surface area contributed by atoms with Crippen molar-refractivity contribution < 1.29 is 4.79 Å². The van der Waals surface area contributed by atoms with E-state index in [4.69, 9.17) is 11.6 Å². The Morgan fingerprint density at radius 3 is 2.53 bits per heavy atom. The van der Waals surface area contributed by atoms with Gasteiger partial charge >= 0.3 is 0 Å². The Kier molecular flexibility index (Phi) is 3.69. The average Bonchev–Trinajstić information content (AvgIpc) is 3.08. The van der Waals surface area contributed by atoms with Gasteiger partial charge in [0, 0.05) is 18.0 Å². The van der Waals surface area contributed by atoms with Crippen LogP contribution in [0.5, 0.6) is 0 Å². The molecule has 2 N–H and O–H groups in total. The topological polar surface area (TPSA) is 41.1 Å². The Bertz CT molecular complexity index is 398. The van der Waals surface area contributed by atoms with E-state index in [0.29, 0.717) is 13.0 Å². The molecule has 1 aromatic rings. The standard InChI is InChI=1S/C13H17ClN2O/c1-15-9-6-12(17)16-13(7-8-13)10-2-4-11(14)5-3-10/h2-5,15H,6-9H2,1H3,(H,16,17). The van der Waals surface area contributed by atoms with E-state index < -0.39 is 0 Å². The van der Waals surface area contributed by atoms with Gasteiger partial charge < -0.3 is 10.6 Å². The second-order valence-electron chi connectivity index (χ2n) is 4.49. The molecule has 17 heavy (non-hydrogen) atoms. The lowest BCUT2D eigenvalue weighted by Gasteiger charge is -2.18. The lowest BCUT2D eigenvalue weighted by atomic mass is 10.0. The van der Waals surface area contributed by atoms with E-state index >= 15 is 0 Å². The maximum absolute atomic E-state index is 11.7. The van der Waals surface area contributed by atoms with E-state index in [9.17, 15) is 4.79 Å². The van der Waals surface area contributed by atoms with Crippen LogP contribution in [0.3, 0.4) is 0 Å². The second kappa shape index (κ2) is 5.07. The van der Waals surface area contributed by atoms with Crippen LogP contribution in [0, 0.1) is 0 Å². The highest BCUT2D eigenvalue weighted by molar-refractivity contribution is 6.30. The van der Waals surface area contributed by atoms with Crippen LogP contribution in [0.1, 0.15) is 24.8 Å². The summed E-state index contributed by atoms with van der Waals surface area (Å²) in [6, 6.07) is 7.73. The number of amides is 1. The third-order valence-corrected chi connectivity index (χ3v) is 3.38. The molecule has 1 aliphatic carbocycles. The summed E-state index contributed by atoms with van der Waals surface area (Å²) >= 11 is 5.86. The summed E-state index contributed by atoms with van der Waals surface area (Å²) in [6.45, 7) is 0.711. The minimum Gasteiger partial charge on any atom is -0.347 e. The lowest BCUT2D eigenvalue weighted by Crippen LogP contribution is -2.36. The molecule has 1 aromatic carbocycles. The van der Waals surface area contributed by atoms with E-state index in [1.165, 1.54) is 0 Å². The highest BCUT2D eigenvalue weighted by Gasteiger charge is 2.45. The molecular weight excluding hydrogens is 236 g/mol. The van der Waals surface area contributed by atoms with Gasteiger partial charge in [-0.2, -0.15) is 0 Å². The molecule has 0 saturated heterocycles. The zero-order valence-electron chi connectivity index (χ0n) is 9.92. The van der Waals surface area contributed by atoms with Gasteiger partial charge in [0.25, 0.3) is 0 Å². The minimum atomic E-state index is -0.130. The first-order valence-corrected chi connectivity index (χ1v) is 6.26. The lowest BCUT2D eigenvalue weighted by molar-refractivity contribution is -0.122. The fourth-order valence-electron chi connectivity index (χ4n) is 1.95. The molecule has 1 aliphatic rings. The molecule has 1 saturated carbocycles. The number of nitrogens with one attached hydrogen (secondary N) is 2. The van der Waals surface area contributed by atoms with Crippen LogP contribution in [-0.2, 0) is 10.3 Å². The highest BCUT2D eigenvalue weighted by atomic mass is 35.5. The van der Waals surface area contributed by atoms with Crippen molar-refractivity contribution in [3.05, 3.63) is 34.9 Å². The Morgan fingerprint density at radius 1 is 1.35 bits per heavy atom. The molecule has 1 fully saturated rings. The fraction of sp³-hybridized carbons (Fsp3) is 0.462. The average molecular weight is 253 g/mol. The quantitative estimate of drug-likeness (QED) is 0.842. The summed E-state index contributed by atoms with van der Waals surface area (Å²) in [5, 5.41) is 6.82. The predicted octanol–water partition coefficient (Wildman–Crippen LogP) is 2.05. The fourth-order valence-corrected chi connectivity index (χ4v) is 2.07. The zero-order chi connectivity index (χ0) is 12.3. The minimum absolute atomic E-state index is 0.104. The molecule has 3 nitrogen and oxygen atoms in total.